The van der Waals surface area contributed by atoms with Crippen LogP contribution in [0.1, 0.15) is 13.3 Å². The Labute approximate surface area is 157 Å². The van der Waals surface area contributed by atoms with Gasteiger partial charge in [0, 0.05) is 42.9 Å². The Bertz CT molecular complexity index is 973. The van der Waals surface area contributed by atoms with E-state index in [0.29, 0.717) is 18.0 Å². The van der Waals surface area contributed by atoms with Crippen molar-refractivity contribution in [2.45, 2.75) is 26.0 Å². The molecule has 7 heteroatoms. The number of nitrogens with one attached hydrogen (secondary N) is 2. The molecule has 0 aliphatic carbocycles. The minimum Gasteiger partial charge on any atom is -0.494 e. The van der Waals surface area contributed by atoms with Crippen LogP contribution in [0.15, 0.2) is 41.5 Å². The molecule has 1 atom stereocenters. The number of aryl methyl sites for hydroxylation is 1. The fourth-order valence-electron chi connectivity index (χ4n) is 3.43. The fourth-order valence-corrected chi connectivity index (χ4v) is 3.43. The molecule has 2 N–H and O–H groups in total. The number of aromatic amines is 1. The molecule has 1 aromatic carbocycles. The molecule has 3 heterocycles. The average molecular weight is 368 g/mol. The summed E-state index contributed by atoms with van der Waals surface area (Å²) in [6.07, 6.45) is 4.70. The molecule has 1 fully saturated rings. The SMILES string of the molecule is CCOc1ccc2[nH]c(=O)c(-c3nccn3CCC3CNCCO3)cc2c1. The van der Waals surface area contributed by atoms with Gasteiger partial charge in [-0.1, -0.05) is 0 Å². The molecule has 1 aliphatic rings. The predicted molar refractivity (Wildman–Crippen MR) is 104 cm³/mol. The van der Waals surface area contributed by atoms with E-state index < -0.39 is 0 Å². The van der Waals surface area contributed by atoms with E-state index in [0.717, 1.165) is 49.3 Å². The fraction of sp³-hybridized carbons (Fsp3) is 0.400. The number of nitrogens with zero attached hydrogens (tertiary/aromatic N) is 2. The lowest BCUT2D eigenvalue weighted by Gasteiger charge is -2.23. The number of aromatic nitrogens is 3. The third kappa shape index (κ3) is 3.89. The molecule has 0 spiro atoms. The number of rotatable bonds is 6. The van der Waals surface area contributed by atoms with E-state index in [-0.39, 0.29) is 11.7 Å². The summed E-state index contributed by atoms with van der Waals surface area (Å²) in [6.45, 7) is 5.81. The van der Waals surface area contributed by atoms with Crippen LogP contribution in [0.2, 0.25) is 0 Å². The maximum Gasteiger partial charge on any atom is 0.259 e. The van der Waals surface area contributed by atoms with Gasteiger partial charge in [0.25, 0.3) is 5.56 Å². The molecular formula is C20H24N4O3. The highest BCUT2D eigenvalue weighted by atomic mass is 16.5. The summed E-state index contributed by atoms with van der Waals surface area (Å²) in [7, 11) is 0. The standard InChI is InChI=1S/C20H24N4O3/c1-2-26-15-3-4-18-14(11-15)12-17(20(25)23-18)19-22-6-9-24(19)8-5-16-13-21-7-10-27-16/h3-4,6,9,11-12,16,21H,2,5,7-8,10,13H2,1H3,(H,23,25). The van der Waals surface area contributed by atoms with Gasteiger partial charge in [0.05, 0.1) is 24.9 Å². The first-order valence-electron chi connectivity index (χ1n) is 9.38. The molecular weight excluding hydrogens is 344 g/mol. The highest BCUT2D eigenvalue weighted by molar-refractivity contribution is 5.83. The second-order valence-electron chi connectivity index (χ2n) is 6.62. The quantitative estimate of drug-likeness (QED) is 0.697. The maximum atomic E-state index is 12.6. The molecule has 0 amide bonds. The third-order valence-electron chi connectivity index (χ3n) is 4.78. The van der Waals surface area contributed by atoms with Gasteiger partial charge in [-0.3, -0.25) is 4.79 Å². The molecule has 0 radical (unpaired) electrons. The molecule has 4 rings (SSSR count). The number of benzene rings is 1. The summed E-state index contributed by atoms with van der Waals surface area (Å²) in [5, 5.41) is 4.26. The average Bonchev–Trinajstić information content (AvgIpc) is 3.15. The van der Waals surface area contributed by atoms with Crippen LogP contribution in [-0.2, 0) is 11.3 Å². The van der Waals surface area contributed by atoms with Gasteiger partial charge in [0.15, 0.2) is 0 Å². The van der Waals surface area contributed by atoms with Crippen molar-refractivity contribution in [2.75, 3.05) is 26.3 Å². The molecule has 0 bridgehead atoms. The van der Waals surface area contributed by atoms with Crippen LogP contribution in [0.5, 0.6) is 5.75 Å². The van der Waals surface area contributed by atoms with E-state index in [1.54, 1.807) is 6.20 Å². The van der Waals surface area contributed by atoms with E-state index in [4.69, 9.17) is 9.47 Å². The van der Waals surface area contributed by atoms with Crippen LogP contribution in [0.4, 0.5) is 0 Å². The number of hydrogen-bond acceptors (Lipinski definition) is 5. The second-order valence-corrected chi connectivity index (χ2v) is 6.62. The Morgan fingerprint density at radius 3 is 3.11 bits per heavy atom. The zero-order valence-electron chi connectivity index (χ0n) is 15.4. The van der Waals surface area contributed by atoms with Crippen molar-refractivity contribution in [1.82, 2.24) is 19.9 Å². The van der Waals surface area contributed by atoms with E-state index in [1.807, 2.05) is 42.0 Å². The van der Waals surface area contributed by atoms with Gasteiger partial charge in [0.1, 0.15) is 11.6 Å². The summed E-state index contributed by atoms with van der Waals surface area (Å²) >= 11 is 0. The zero-order valence-corrected chi connectivity index (χ0v) is 15.4. The van der Waals surface area contributed by atoms with Crippen molar-refractivity contribution in [3.63, 3.8) is 0 Å². The third-order valence-corrected chi connectivity index (χ3v) is 4.78. The Morgan fingerprint density at radius 2 is 2.30 bits per heavy atom. The summed E-state index contributed by atoms with van der Waals surface area (Å²) in [5.74, 6) is 1.46. The monoisotopic (exact) mass is 368 g/mol. The minimum atomic E-state index is -0.144. The van der Waals surface area contributed by atoms with Crippen LogP contribution in [0, 0.1) is 0 Å². The van der Waals surface area contributed by atoms with Crippen LogP contribution in [0.25, 0.3) is 22.3 Å². The molecule has 1 saturated heterocycles. The molecule has 0 saturated carbocycles. The number of hydrogen-bond donors (Lipinski definition) is 2. The second kappa shape index (κ2) is 7.94. The molecule has 27 heavy (non-hydrogen) atoms. The summed E-state index contributed by atoms with van der Waals surface area (Å²) in [4.78, 5) is 20.0. The van der Waals surface area contributed by atoms with Crippen molar-refractivity contribution < 1.29 is 9.47 Å². The molecule has 7 nitrogen and oxygen atoms in total. The summed E-state index contributed by atoms with van der Waals surface area (Å²) in [5.41, 5.74) is 1.20. The molecule has 2 aromatic heterocycles. The number of fused-ring (bicyclic) bond motifs is 1. The van der Waals surface area contributed by atoms with Crippen molar-refractivity contribution >= 4 is 10.9 Å². The minimum absolute atomic E-state index is 0.144. The van der Waals surface area contributed by atoms with Gasteiger partial charge in [-0.2, -0.15) is 0 Å². The summed E-state index contributed by atoms with van der Waals surface area (Å²) < 4.78 is 13.3. The topological polar surface area (TPSA) is 81.2 Å². The first-order chi connectivity index (χ1) is 13.2. The zero-order chi connectivity index (χ0) is 18.6. The Morgan fingerprint density at radius 1 is 1.37 bits per heavy atom. The lowest BCUT2D eigenvalue weighted by Crippen LogP contribution is -2.38. The number of ether oxygens (including phenoxy) is 2. The lowest BCUT2D eigenvalue weighted by molar-refractivity contribution is 0.0211. The van der Waals surface area contributed by atoms with Crippen LogP contribution >= 0.6 is 0 Å². The molecule has 142 valence electrons. The van der Waals surface area contributed by atoms with Crippen molar-refractivity contribution in [3.8, 4) is 17.1 Å². The smallest absolute Gasteiger partial charge is 0.259 e. The molecule has 1 aliphatic heterocycles. The van der Waals surface area contributed by atoms with Gasteiger partial charge >= 0.3 is 0 Å². The normalized spacial score (nSPS) is 17.3. The van der Waals surface area contributed by atoms with Gasteiger partial charge in [-0.05, 0) is 37.6 Å². The van der Waals surface area contributed by atoms with Crippen molar-refractivity contribution in [2.24, 2.45) is 0 Å². The number of H-pyrrole nitrogens is 1. The Hall–Kier alpha value is -2.64. The highest BCUT2D eigenvalue weighted by Crippen LogP contribution is 2.23. The molecule has 1 unspecified atom stereocenters. The van der Waals surface area contributed by atoms with E-state index in [9.17, 15) is 4.79 Å². The number of morpholine rings is 1. The first kappa shape index (κ1) is 17.8. The van der Waals surface area contributed by atoms with Crippen LogP contribution < -0.4 is 15.6 Å². The molecule has 3 aromatic rings. The van der Waals surface area contributed by atoms with E-state index >= 15 is 0 Å². The van der Waals surface area contributed by atoms with Crippen LogP contribution in [-0.4, -0.2) is 46.9 Å². The van der Waals surface area contributed by atoms with Crippen molar-refractivity contribution in [3.05, 3.63) is 47.0 Å². The van der Waals surface area contributed by atoms with Gasteiger partial charge < -0.3 is 24.3 Å². The highest BCUT2D eigenvalue weighted by Gasteiger charge is 2.16. The van der Waals surface area contributed by atoms with Gasteiger partial charge in [-0.15, -0.1) is 0 Å². The number of pyridine rings is 1. The predicted octanol–water partition coefficient (Wildman–Crippen LogP) is 2.17. The number of imidazole rings is 1. The van der Waals surface area contributed by atoms with Gasteiger partial charge in [0.2, 0.25) is 0 Å². The van der Waals surface area contributed by atoms with Crippen molar-refractivity contribution in [1.29, 1.82) is 0 Å². The largest absolute Gasteiger partial charge is 0.494 e. The Kier molecular flexibility index (Phi) is 5.22. The first-order valence-corrected chi connectivity index (χ1v) is 9.38. The van der Waals surface area contributed by atoms with E-state index in [1.165, 1.54) is 0 Å². The Balaban J connectivity index is 1.62. The summed E-state index contributed by atoms with van der Waals surface area (Å²) in [6, 6.07) is 7.55. The van der Waals surface area contributed by atoms with Gasteiger partial charge in [-0.25, -0.2) is 4.98 Å². The van der Waals surface area contributed by atoms with Crippen LogP contribution in [0.3, 0.4) is 0 Å². The lowest BCUT2D eigenvalue weighted by atomic mass is 10.1. The van der Waals surface area contributed by atoms with E-state index in [2.05, 4.69) is 15.3 Å². The maximum absolute atomic E-state index is 12.6.